The van der Waals surface area contributed by atoms with Crippen LogP contribution >= 0.6 is 0 Å². The highest BCUT2D eigenvalue weighted by molar-refractivity contribution is 5.75. The van der Waals surface area contributed by atoms with Crippen molar-refractivity contribution in [3.05, 3.63) is 23.8 Å². The maximum absolute atomic E-state index is 11.4. The highest BCUT2D eigenvalue weighted by atomic mass is 16.5. The molecule has 0 spiro atoms. The maximum atomic E-state index is 11.4. The summed E-state index contributed by atoms with van der Waals surface area (Å²) in [6.07, 6.45) is 0.439. The highest BCUT2D eigenvalue weighted by Crippen LogP contribution is 2.28. The molecule has 0 aromatic heterocycles. The van der Waals surface area contributed by atoms with Crippen LogP contribution in [0.5, 0.6) is 11.5 Å². The summed E-state index contributed by atoms with van der Waals surface area (Å²) in [6, 6.07) is 5.18. The number of carbonyl (C=O) groups excluding carboxylic acids is 1. The van der Waals surface area contributed by atoms with Crippen molar-refractivity contribution in [3.63, 3.8) is 0 Å². The summed E-state index contributed by atoms with van der Waals surface area (Å²) in [4.78, 5) is 13.0. The Balaban J connectivity index is 2.54. The van der Waals surface area contributed by atoms with Gasteiger partial charge in [-0.15, -0.1) is 0 Å². The third-order valence-corrected chi connectivity index (χ3v) is 2.99. The first kappa shape index (κ1) is 15.3. The van der Waals surface area contributed by atoms with Crippen molar-refractivity contribution in [3.8, 4) is 11.5 Å². The molecule has 106 valence electrons. The highest BCUT2D eigenvalue weighted by Gasteiger charge is 2.11. The number of methoxy groups -OCH3 is 1. The fraction of sp³-hybridized carbons (Fsp3) is 0.500. The number of phenols is 1. The molecule has 0 radical (unpaired) electrons. The molecule has 19 heavy (non-hydrogen) atoms. The molecule has 0 fully saturated rings. The Labute approximate surface area is 114 Å². The lowest BCUT2D eigenvalue weighted by molar-refractivity contribution is -0.128. The SMILES string of the molecule is COc1ccc(C(C)NCCC(=O)N(C)C)c(O)c1. The Morgan fingerprint density at radius 2 is 2.16 bits per heavy atom. The Hall–Kier alpha value is -1.75. The van der Waals surface area contributed by atoms with Crippen LogP contribution in [-0.4, -0.2) is 43.7 Å². The molecule has 1 rings (SSSR count). The first-order valence-corrected chi connectivity index (χ1v) is 6.26. The number of nitrogens with zero attached hydrogens (tertiary/aromatic N) is 1. The average molecular weight is 266 g/mol. The average Bonchev–Trinajstić information content (AvgIpc) is 2.37. The van der Waals surface area contributed by atoms with E-state index in [-0.39, 0.29) is 17.7 Å². The summed E-state index contributed by atoms with van der Waals surface area (Å²) in [6.45, 7) is 2.52. The molecule has 0 aliphatic rings. The first-order chi connectivity index (χ1) is 8.95. The van der Waals surface area contributed by atoms with Crippen LogP contribution in [0.1, 0.15) is 24.9 Å². The first-order valence-electron chi connectivity index (χ1n) is 6.26. The Morgan fingerprint density at radius 1 is 1.47 bits per heavy atom. The van der Waals surface area contributed by atoms with Gasteiger partial charge in [0.25, 0.3) is 0 Å². The van der Waals surface area contributed by atoms with Crippen LogP contribution in [0.15, 0.2) is 18.2 Å². The van der Waals surface area contributed by atoms with Crippen molar-refractivity contribution in [2.45, 2.75) is 19.4 Å². The summed E-state index contributed by atoms with van der Waals surface area (Å²) < 4.78 is 5.04. The summed E-state index contributed by atoms with van der Waals surface area (Å²) >= 11 is 0. The molecule has 1 amide bonds. The minimum atomic E-state index is -0.0270. The second-order valence-electron chi connectivity index (χ2n) is 4.64. The molecular formula is C14H22N2O3. The number of amides is 1. The van der Waals surface area contributed by atoms with Crippen molar-refractivity contribution in [1.29, 1.82) is 0 Å². The number of carbonyl (C=O) groups is 1. The predicted molar refractivity (Wildman–Crippen MR) is 74.4 cm³/mol. The fourth-order valence-electron chi connectivity index (χ4n) is 1.75. The van der Waals surface area contributed by atoms with Gasteiger partial charge in [0.05, 0.1) is 7.11 Å². The van der Waals surface area contributed by atoms with Crippen LogP contribution in [0, 0.1) is 0 Å². The minimum absolute atomic E-state index is 0.0270. The van der Waals surface area contributed by atoms with E-state index in [0.717, 1.165) is 5.56 Å². The molecule has 1 atom stereocenters. The van der Waals surface area contributed by atoms with Gasteiger partial charge in [-0.25, -0.2) is 0 Å². The van der Waals surface area contributed by atoms with Gasteiger partial charge in [0, 0.05) is 44.7 Å². The summed E-state index contributed by atoms with van der Waals surface area (Å²) in [7, 11) is 5.03. The Morgan fingerprint density at radius 3 is 2.68 bits per heavy atom. The summed E-state index contributed by atoms with van der Waals surface area (Å²) in [5.41, 5.74) is 0.790. The van der Waals surface area contributed by atoms with Gasteiger partial charge in [0.1, 0.15) is 11.5 Å². The molecule has 1 unspecified atom stereocenters. The zero-order valence-electron chi connectivity index (χ0n) is 11.9. The normalized spacial score (nSPS) is 12.0. The number of ether oxygens (including phenoxy) is 1. The molecule has 1 aromatic carbocycles. The van der Waals surface area contributed by atoms with E-state index in [2.05, 4.69) is 5.32 Å². The lowest BCUT2D eigenvalue weighted by Gasteiger charge is -2.17. The van der Waals surface area contributed by atoms with Crippen molar-refractivity contribution >= 4 is 5.91 Å². The molecule has 2 N–H and O–H groups in total. The van der Waals surface area contributed by atoms with E-state index in [0.29, 0.717) is 18.7 Å². The van der Waals surface area contributed by atoms with Gasteiger partial charge in [-0.1, -0.05) is 6.07 Å². The number of aromatic hydroxyl groups is 1. The third kappa shape index (κ3) is 4.44. The number of rotatable bonds is 6. The molecule has 5 heteroatoms. The van der Waals surface area contributed by atoms with Crippen LogP contribution in [0.25, 0.3) is 0 Å². The van der Waals surface area contributed by atoms with Crippen molar-refractivity contribution in [2.75, 3.05) is 27.7 Å². The molecule has 1 aromatic rings. The van der Waals surface area contributed by atoms with E-state index >= 15 is 0 Å². The molecule has 0 aliphatic heterocycles. The zero-order valence-corrected chi connectivity index (χ0v) is 11.9. The molecule has 0 heterocycles. The maximum Gasteiger partial charge on any atom is 0.223 e. The standard InChI is InChI=1S/C14H22N2O3/c1-10(15-8-7-14(18)16(2)3)12-6-5-11(19-4)9-13(12)17/h5-6,9-10,15,17H,7-8H2,1-4H3. The topological polar surface area (TPSA) is 61.8 Å². The lowest BCUT2D eigenvalue weighted by atomic mass is 10.1. The molecule has 5 nitrogen and oxygen atoms in total. The number of phenolic OH excluding ortho intramolecular Hbond substituents is 1. The third-order valence-electron chi connectivity index (χ3n) is 2.99. The number of hydrogen-bond acceptors (Lipinski definition) is 4. The van der Waals surface area contributed by atoms with Crippen LogP contribution < -0.4 is 10.1 Å². The second kappa shape index (κ2) is 6.99. The van der Waals surface area contributed by atoms with Crippen LogP contribution in [-0.2, 0) is 4.79 Å². The van der Waals surface area contributed by atoms with Gasteiger partial charge in [-0.3, -0.25) is 4.79 Å². The van der Waals surface area contributed by atoms with E-state index in [1.54, 1.807) is 38.2 Å². The molecule has 0 saturated heterocycles. The van der Waals surface area contributed by atoms with E-state index in [1.807, 2.05) is 13.0 Å². The van der Waals surface area contributed by atoms with E-state index in [9.17, 15) is 9.90 Å². The fourth-order valence-corrected chi connectivity index (χ4v) is 1.75. The molecule has 0 saturated carbocycles. The van der Waals surface area contributed by atoms with Gasteiger partial charge in [-0.2, -0.15) is 0 Å². The number of benzene rings is 1. The van der Waals surface area contributed by atoms with Gasteiger partial charge >= 0.3 is 0 Å². The Bertz CT molecular complexity index is 433. The monoisotopic (exact) mass is 266 g/mol. The summed E-state index contributed by atoms with van der Waals surface area (Å²) in [5, 5.41) is 13.1. The van der Waals surface area contributed by atoms with Crippen LogP contribution in [0.3, 0.4) is 0 Å². The molecular weight excluding hydrogens is 244 g/mol. The van der Waals surface area contributed by atoms with Crippen LogP contribution in [0.2, 0.25) is 0 Å². The smallest absolute Gasteiger partial charge is 0.223 e. The molecule has 0 aliphatic carbocycles. The van der Waals surface area contributed by atoms with E-state index < -0.39 is 0 Å². The van der Waals surface area contributed by atoms with Crippen molar-refractivity contribution in [2.24, 2.45) is 0 Å². The van der Waals surface area contributed by atoms with E-state index in [1.165, 1.54) is 0 Å². The second-order valence-corrected chi connectivity index (χ2v) is 4.64. The van der Waals surface area contributed by atoms with Crippen molar-refractivity contribution in [1.82, 2.24) is 10.2 Å². The summed E-state index contributed by atoms with van der Waals surface area (Å²) in [5.74, 6) is 0.896. The van der Waals surface area contributed by atoms with Gasteiger partial charge < -0.3 is 20.1 Å². The largest absolute Gasteiger partial charge is 0.507 e. The predicted octanol–water partition coefficient (Wildman–Crippen LogP) is 1.53. The number of hydrogen-bond donors (Lipinski definition) is 2. The van der Waals surface area contributed by atoms with E-state index in [4.69, 9.17) is 4.74 Å². The number of nitrogens with one attached hydrogen (secondary N) is 1. The van der Waals surface area contributed by atoms with Gasteiger partial charge in [0.15, 0.2) is 0 Å². The van der Waals surface area contributed by atoms with Gasteiger partial charge in [0.2, 0.25) is 5.91 Å². The zero-order chi connectivity index (χ0) is 14.4. The van der Waals surface area contributed by atoms with Crippen LogP contribution in [0.4, 0.5) is 0 Å². The quantitative estimate of drug-likeness (QED) is 0.819. The lowest BCUT2D eigenvalue weighted by Crippen LogP contribution is -2.28. The van der Waals surface area contributed by atoms with Gasteiger partial charge in [-0.05, 0) is 13.0 Å². The Kier molecular flexibility index (Phi) is 5.63. The minimum Gasteiger partial charge on any atom is -0.507 e. The molecule has 0 bridgehead atoms. The van der Waals surface area contributed by atoms with Crippen molar-refractivity contribution < 1.29 is 14.6 Å².